The van der Waals surface area contributed by atoms with E-state index < -0.39 is 5.97 Å². The van der Waals surface area contributed by atoms with E-state index in [1.807, 2.05) is 31.2 Å². The first kappa shape index (κ1) is 15.2. The molecule has 106 valence electrons. The number of rotatable bonds is 4. The van der Waals surface area contributed by atoms with Crippen LogP contribution in [0.1, 0.15) is 16.6 Å². The van der Waals surface area contributed by atoms with Crippen molar-refractivity contribution in [3.05, 3.63) is 34.2 Å². The number of carbonyl (C=O) groups excluding carboxylic acids is 1. The minimum absolute atomic E-state index is 0.398. The summed E-state index contributed by atoms with van der Waals surface area (Å²) in [6.07, 6.45) is 0. The third kappa shape index (κ3) is 2.95. The van der Waals surface area contributed by atoms with Crippen molar-refractivity contribution in [2.75, 3.05) is 18.6 Å². The molecule has 1 aromatic heterocycles. The van der Waals surface area contributed by atoms with E-state index in [2.05, 4.69) is 0 Å². The number of thiophene rings is 1. The molecule has 6 heteroatoms. The number of carbonyl (C=O) groups is 1. The van der Waals surface area contributed by atoms with Gasteiger partial charge in [-0.2, -0.15) is 0 Å². The molecule has 1 aromatic carbocycles. The maximum Gasteiger partial charge on any atom is 0.350 e. The molecule has 0 aliphatic heterocycles. The Kier molecular flexibility index (Phi) is 4.96. The molecule has 0 spiro atoms. The molecule has 0 aliphatic carbocycles. The monoisotopic (exact) mass is 327 g/mol. The van der Waals surface area contributed by atoms with Crippen molar-refractivity contribution in [3.63, 3.8) is 0 Å². The van der Waals surface area contributed by atoms with Gasteiger partial charge < -0.3 is 10.5 Å². The van der Waals surface area contributed by atoms with Gasteiger partial charge in [-0.25, -0.2) is 4.79 Å². The topological polar surface area (TPSA) is 52.3 Å². The first-order chi connectivity index (χ1) is 9.58. The van der Waals surface area contributed by atoms with Gasteiger partial charge in [-0.1, -0.05) is 30.7 Å². The van der Waals surface area contributed by atoms with Gasteiger partial charge in [-0.05, 0) is 23.4 Å². The number of benzene rings is 1. The van der Waals surface area contributed by atoms with Gasteiger partial charge in [0.25, 0.3) is 0 Å². The Hall–Kier alpha value is -1.17. The Morgan fingerprint density at radius 1 is 1.40 bits per heavy atom. The number of nitrogen functional groups attached to an aromatic ring is 1. The molecule has 0 saturated heterocycles. The highest BCUT2D eigenvalue weighted by Gasteiger charge is 2.22. The fourth-order valence-corrected chi connectivity index (χ4v) is 4.08. The molecular weight excluding hydrogens is 314 g/mol. The zero-order valence-electron chi connectivity index (χ0n) is 11.1. The fourth-order valence-electron chi connectivity index (χ4n) is 1.75. The average Bonchev–Trinajstić information content (AvgIpc) is 2.77. The molecule has 20 heavy (non-hydrogen) atoms. The van der Waals surface area contributed by atoms with E-state index in [1.165, 1.54) is 18.4 Å². The number of ether oxygens (including phenoxy) is 1. The zero-order valence-corrected chi connectivity index (χ0v) is 13.5. The van der Waals surface area contributed by atoms with Crippen LogP contribution in [0, 0.1) is 0 Å². The predicted molar refractivity (Wildman–Crippen MR) is 86.9 cm³/mol. The Morgan fingerprint density at radius 2 is 2.05 bits per heavy atom. The maximum atomic E-state index is 11.8. The molecule has 0 atom stereocenters. The van der Waals surface area contributed by atoms with Crippen molar-refractivity contribution in [3.8, 4) is 10.4 Å². The number of anilines is 1. The Balaban J connectivity index is 2.56. The van der Waals surface area contributed by atoms with Crippen LogP contribution in [-0.4, -0.2) is 18.8 Å². The molecule has 0 fully saturated rings. The Bertz CT molecular complexity index is 623. The molecule has 0 bridgehead atoms. The number of methoxy groups -OCH3 is 1. The van der Waals surface area contributed by atoms with Crippen molar-refractivity contribution >= 4 is 46.4 Å². The molecule has 0 saturated carbocycles. The second-order valence-electron chi connectivity index (χ2n) is 3.93. The van der Waals surface area contributed by atoms with Crippen LogP contribution in [0.3, 0.4) is 0 Å². The van der Waals surface area contributed by atoms with Crippen molar-refractivity contribution < 1.29 is 9.53 Å². The quantitative estimate of drug-likeness (QED) is 0.661. The molecule has 1 heterocycles. The minimum atomic E-state index is -0.398. The molecule has 3 nitrogen and oxygen atoms in total. The smallest absolute Gasteiger partial charge is 0.350 e. The number of esters is 1. The summed E-state index contributed by atoms with van der Waals surface area (Å²) in [6, 6.07) is 7.50. The van der Waals surface area contributed by atoms with E-state index >= 15 is 0 Å². The predicted octanol–water partition coefficient (Wildman–Crippen LogP) is 4.55. The van der Waals surface area contributed by atoms with Crippen LogP contribution in [0.4, 0.5) is 5.69 Å². The summed E-state index contributed by atoms with van der Waals surface area (Å²) < 4.78 is 4.78. The molecule has 0 aliphatic rings. The lowest BCUT2D eigenvalue weighted by atomic mass is 10.2. The van der Waals surface area contributed by atoms with E-state index in [9.17, 15) is 4.79 Å². The van der Waals surface area contributed by atoms with Crippen molar-refractivity contribution in [2.45, 2.75) is 11.8 Å². The zero-order chi connectivity index (χ0) is 14.7. The van der Waals surface area contributed by atoms with E-state index in [1.54, 1.807) is 11.8 Å². The normalized spacial score (nSPS) is 10.6. The molecule has 2 rings (SSSR count). The Labute approximate surface area is 131 Å². The van der Waals surface area contributed by atoms with E-state index in [0.717, 1.165) is 21.1 Å². The summed E-state index contributed by atoms with van der Waals surface area (Å²) in [6.45, 7) is 2.05. The lowest BCUT2D eigenvalue weighted by Crippen LogP contribution is -2.01. The van der Waals surface area contributed by atoms with Gasteiger partial charge in [-0.3, -0.25) is 0 Å². The number of hydrogen-bond acceptors (Lipinski definition) is 5. The molecule has 2 aromatic rings. The summed E-state index contributed by atoms with van der Waals surface area (Å²) in [4.78, 5) is 14.1. The lowest BCUT2D eigenvalue weighted by molar-refractivity contribution is 0.0607. The van der Waals surface area contributed by atoms with E-state index in [4.69, 9.17) is 22.1 Å². The highest BCUT2D eigenvalue weighted by atomic mass is 35.5. The van der Waals surface area contributed by atoms with Crippen LogP contribution in [0.2, 0.25) is 5.02 Å². The summed E-state index contributed by atoms with van der Waals surface area (Å²) in [5.74, 6) is 0.480. The SMILES string of the molecule is CCSc1c(-c2ccc(Cl)cc2)sc(C(=O)OC)c1N. The highest BCUT2D eigenvalue weighted by Crippen LogP contribution is 2.44. The molecule has 0 amide bonds. The maximum absolute atomic E-state index is 11.8. The minimum Gasteiger partial charge on any atom is -0.465 e. The van der Waals surface area contributed by atoms with Gasteiger partial charge >= 0.3 is 5.97 Å². The van der Waals surface area contributed by atoms with Gasteiger partial charge in [0.05, 0.1) is 17.7 Å². The summed E-state index contributed by atoms with van der Waals surface area (Å²) in [5, 5.41) is 0.677. The van der Waals surface area contributed by atoms with Gasteiger partial charge in [-0.15, -0.1) is 23.1 Å². The fraction of sp³-hybridized carbons (Fsp3) is 0.214. The van der Waals surface area contributed by atoms with Crippen LogP contribution in [0.25, 0.3) is 10.4 Å². The second-order valence-corrected chi connectivity index (χ2v) is 6.67. The van der Waals surface area contributed by atoms with Gasteiger partial charge in [0.2, 0.25) is 0 Å². The van der Waals surface area contributed by atoms with Crippen molar-refractivity contribution in [1.29, 1.82) is 0 Å². The van der Waals surface area contributed by atoms with E-state index in [-0.39, 0.29) is 0 Å². The number of halogens is 1. The molecule has 2 N–H and O–H groups in total. The van der Waals surface area contributed by atoms with Crippen LogP contribution >= 0.6 is 34.7 Å². The van der Waals surface area contributed by atoms with Crippen molar-refractivity contribution in [1.82, 2.24) is 0 Å². The highest BCUT2D eigenvalue weighted by molar-refractivity contribution is 7.99. The first-order valence-corrected chi connectivity index (χ1v) is 8.15. The van der Waals surface area contributed by atoms with Crippen LogP contribution in [0.15, 0.2) is 29.2 Å². The van der Waals surface area contributed by atoms with Crippen molar-refractivity contribution in [2.24, 2.45) is 0 Å². The standard InChI is InChI=1S/C14H14ClNO2S2/c1-3-19-12-10(16)13(14(17)18-2)20-11(12)8-4-6-9(15)7-5-8/h4-7H,3,16H2,1-2H3. The molecule has 0 radical (unpaired) electrons. The van der Waals surface area contributed by atoms with Crippen LogP contribution in [0.5, 0.6) is 0 Å². The van der Waals surface area contributed by atoms with E-state index in [0.29, 0.717) is 15.6 Å². The van der Waals surface area contributed by atoms with Gasteiger partial charge in [0.15, 0.2) is 0 Å². The summed E-state index contributed by atoms with van der Waals surface area (Å²) in [5.41, 5.74) is 7.59. The third-order valence-corrected chi connectivity index (χ3v) is 5.28. The average molecular weight is 328 g/mol. The summed E-state index contributed by atoms with van der Waals surface area (Å²) >= 11 is 8.88. The number of thioether (sulfide) groups is 1. The first-order valence-electron chi connectivity index (χ1n) is 5.97. The lowest BCUT2D eigenvalue weighted by Gasteiger charge is -2.03. The molecule has 0 unspecified atom stereocenters. The number of hydrogen-bond donors (Lipinski definition) is 1. The van der Waals surface area contributed by atoms with Crippen LogP contribution in [-0.2, 0) is 4.74 Å². The number of nitrogens with two attached hydrogens (primary N) is 1. The van der Waals surface area contributed by atoms with Crippen LogP contribution < -0.4 is 5.73 Å². The van der Waals surface area contributed by atoms with Gasteiger partial charge in [0, 0.05) is 9.92 Å². The van der Waals surface area contributed by atoms with Gasteiger partial charge in [0.1, 0.15) is 4.88 Å². The molecular formula is C14H14ClNO2S2. The Morgan fingerprint density at radius 3 is 2.60 bits per heavy atom. The third-order valence-electron chi connectivity index (χ3n) is 2.67. The largest absolute Gasteiger partial charge is 0.465 e. The second kappa shape index (κ2) is 6.52. The summed E-state index contributed by atoms with van der Waals surface area (Å²) in [7, 11) is 1.36.